The first-order valence-corrected chi connectivity index (χ1v) is 16.2. The quantitative estimate of drug-likeness (QED) is 0.0885. The van der Waals surface area contributed by atoms with Crippen LogP contribution in [-0.4, -0.2) is 57.2 Å². The highest BCUT2D eigenvalue weighted by molar-refractivity contribution is 7.52. The lowest BCUT2D eigenvalue weighted by molar-refractivity contribution is 0.0841. The van der Waals surface area contributed by atoms with Gasteiger partial charge in [-0.1, -0.05) is 56.8 Å². The predicted molar refractivity (Wildman–Crippen MR) is 157 cm³/mol. The van der Waals surface area contributed by atoms with Gasteiger partial charge < -0.3 is 29.2 Å². The molecule has 3 aromatic rings. The SMILES string of the molecule is Nc1ncnc2c1ncn2CCOCP(=O)(O)OCCOCCCCCCCCCCCC#Cc1c(F)cc(F)cc1F. The molecule has 2 aromatic heterocycles. The number of anilines is 1. The fourth-order valence-corrected chi connectivity index (χ4v) is 5.05. The highest BCUT2D eigenvalue weighted by Gasteiger charge is 2.19. The third-order valence-electron chi connectivity index (χ3n) is 6.49. The van der Waals surface area contributed by atoms with E-state index in [1.54, 1.807) is 10.9 Å². The first kappa shape index (κ1) is 34.5. The van der Waals surface area contributed by atoms with E-state index >= 15 is 0 Å². The van der Waals surface area contributed by atoms with E-state index in [1.165, 1.54) is 6.33 Å². The van der Waals surface area contributed by atoms with Crippen LogP contribution in [0.1, 0.15) is 69.8 Å². The molecule has 43 heavy (non-hydrogen) atoms. The lowest BCUT2D eigenvalue weighted by Gasteiger charge is -2.13. The van der Waals surface area contributed by atoms with Gasteiger partial charge in [-0.15, -0.1) is 0 Å². The molecule has 1 atom stereocenters. The summed E-state index contributed by atoms with van der Waals surface area (Å²) in [6.45, 7) is 1.34. The van der Waals surface area contributed by atoms with Crippen molar-refractivity contribution in [2.75, 3.05) is 38.5 Å². The molecule has 0 saturated carbocycles. The minimum atomic E-state index is -3.88. The van der Waals surface area contributed by atoms with Crippen LogP contribution in [0.25, 0.3) is 11.2 Å². The molecule has 0 spiro atoms. The summed E-state index contributed by atoms with van der Waals surface area (Å²) in [6.07, 6.45) is 12.4. The van der Waals surface area contributed by atoms with Crippen molar-refractivity contribution >= 4 is 24.6 Å². The molecule has 0 aliphatic rings. The summed E-state index contributed by atoms with van der Waals surface area (Å²) in [5.74, 6) is 2.60. The zero-order chi connectivity index (χ0) is 30.9. The first-order chi connectivity index (χ1) is 20.8. The van der Waals surface area contributed by atoms with Crippen molar-refractivity contribution in [2.45, 2.75) is 70.8 Å². The summed E-state index contributed by atoms with van der Waals surface area (Å²) in [6, 6.07) is 1.27. The summed E-state index contributed by atoms with van der Waals surface area (Å²) in [5, 5.41) is 0. The van der Waals surface area contributed by atoms with Gasteiger partial charge in [0.1, 0.15) is 35.6 Å². The number of ether oxygens (including phenoxy) is 2. The molecular formula is C29H39F3N5O5P. The summed E-state index contributed by atoms with van der Waals surface area (Å²) in [5.41, 5.74) is 6.43. The van der Waals surface area contributed by atoms with Crippen LogP contribution >= 0.6 is 7.60 Å². The molecule has 1 unspecified atom stereocenters. The molecule has 0 bridgehead atoms. The van der Waals surface area contributed by atoms with Crippen molar-refractivity contribution in [2.24, 2.45) is 0 Å². The molecule has 1 aromatic carbocycles. The zero-order valence-electron chi connectivity index (χ0n) is 24.2. The standard InChI is InChI=1S/C29H39F3N5O5P/c30-23-18-25(31)24(26(32)19-23)12-10-8-6-4-2-1-3-5-7-9-11-14-40-16-17-42-43(38,39)22-41-15-13-37-21-36-27-28(33)34-20-35-29(27)37/h18-21H,1-9,11,13-17,22H2,(H,38,39)(H2,33,34,35). The summed E-state index contributed by atoms with van der Waals surface area (Å²) in [7, 11) is -3.88. The number of imidazole rings is 1. The summed E-state index contributed by atoms with van der Waals surface area (Å²) < 4.78 is 69.7. The molecule has 0 radical (unpaired) electrons. The Morgan fingerprint density at radius 3 is 2.26 bits per heavy atom. The van der Waals surface area contributed by atoms with E-state index in [2.05, 4.69) is 26.8 Å². The molecule has 3 rings (SSSR count). The van der Waals surface area contributed by atoms with Crippen LogP contribution in [0.2, 0.25) is 0 Å². The molecule has 0 aliphatic heterocycles. The second-order valence-electron chi connectivity index (χ2n) is 9.97. The third-order valence-corrected chi connectivity index (χ3v) is 7.59. The van der Waals surface area contributed by atoms with E-state index in [4.69, 9.17) is 19.7 Å². The van der Waals surface area contributed by atoms with Crippen LogP contribution in [0.5, 0.6) is 0 Å². The van der Waals surface area contributed by atoms with E-state index < -0.39 is 31.4 Å². The number of rotatable bonds is 20. The highest BCUT2D eigenvalue weighted by Crippen LogP contribution is 2.41. The molecule has 0 fully saturated rings. The van der Waals surface area contributed by atoms with Crippen LogP contribution in [-0.2, 0) is 25.1 Å². The van der Waals surface area contributed by atoms with Crippen LogP contribution in [0.15, 0.2) is 24.8 Å². The Morgan fingerprint density at radius 1 is 0.860 bits per heavy atom. The number of hydrogen-bond acceptors (Lipinski definition) is 8. The van der Waals surface area contributed by atoms with Gasteiger partial charge in [-0.2, -0.15) is 0 Å². The van der Waals surface area contributed by atoms with Crippen molar-refractivity contribution < 1.29 is 36.6 Å². The number of aromatic nitrogens is 4. The van der Waals surface area contributed by atoms with E-state index in [9.17, 15) is 22.6 Å². The van der Waals surface area contributed by atoms with Crippen LogP contribution < -0.4 is 5.73 Å². The number of benzene rings is 1. The smallest absolute Gasteiger partial charge is 0.353 e. The van der Waals surface area contributed by atoms with E-state index in [0.717, 1.165) is 57.8 Å². The molecule has 10 nitrogen and oxygen atoms in total. The monoisotopic (exact) mass is 625 g/mol. The zero-order valence-corrected chi connectivity index (χ0v) is 25.0. The van der Waals surface area contributed by atoms with Gasteiger partial charge in [0.05, 0.1) is 31.7 Å². The number of hydrogen-bond donors (Lipinski definition) is 2. The van der Waals surface area contributed by atoms with Gasteiger partial charge in [0, 0.05) is 31.7 Å². The highest BCUT2D eigenvalue weighted by atomic mass is 31.2. The maximum Gasteiger partial charge on any atom is 0.353 e. The Hall–Kier alpha value is -3.01. The fraction of sp³-hybridized carbons (Fsp3) is 0.552. The Bertz CT molecular complexity index is 1370. The predicted octanol–water partition coefficient (Wildman–Crippen LogP) is 5.97. The topological polar surface area (TPSA) is 135 Å². The lowest BCUT2D eigenvalue weighted by atomic mass is 10.1. The Balaban J connectivity index is 1.09. The van der Waals surface area contributed by atoms with E-state index in [-0.39, 0.29) is 31.2 Å². The van der Waals surface area contributed by atoms with Crippen molar-refractivity contribution in [3.63, 3.8) is 0 Å². The van der Waals surface area contributed by atoms with Crippen molar-refractivity contribution in [3.05, 3.63) is 47.8 Å². The van der Waals surface area contributed by atoms with Gasteiger partial charge in [0.15, 0.2) is 11.5 Å². The van der Waals surface area contributed by atoms with Crippen LogP contribution in [0, 0.1) is 29.3 Å². The molecule has 0 aliphatic carbocycles. The maximum atomic E-state index is 13.5. The maximum absolute atomic E-state index is 13.5. The second kappa shape index (κ2) is 18.6. The molecule has 2 heterocycles. The number of nitrogen functional groups attached to an aromatic ring is 1. The van der Waals surface area contributed by atoms with Crippen LogP contribution in [0.4, 0.5) is 19.0 Å². The normalized spacial score (nSPS) is 12.7. The second-order valence-corrected chi connectivity index (χ2v) is 11.8. The Kier molecular flexibility index (Phi) is 14.9. The lowest BCUT2D eigenvalue weighted by Crippen LogP contribution is -2.09. The molecule has 3 N–H and O–H groups in total. The number of fused-ring (bicyclic) bond motifs is 1. The van der Waals surface area contributed by atoms with Crippen molar-refractivity contribution in [1.82, 2.24) is 19.5 Å². The van der Waals surface area contributed by atoms with Gasteiger partial charge in [0.2, 0.25) is 0 Å². The minimum absolute atomic E-state index is 0.00505. The number of nitrogens with two attached hydrogens (primary N) is 1. The average Bonchev–Trinajstić information content (AvgIpc) is 3.38. The van der Waals surface area contributed by atoms with E-state index in [0.29, 0.717) is 42.9 Å². The van der Waals surface area contributed by atoms with Crippen molar-refractivity contribution in [3.8, 4) is 11.8 Å². The largest absolute Gasteiger partial charge is 0.382 e. The van der Waals surface area contributed by atoms with Crippen LogP contribution in [0.3, 0.4) is 0 Å². The number of halogens is 3. The van der Waals surface area contributed by atoms with Gasteiger partial charge >= 0.3 is 7.60 Å². The van der Waals surface area contributed by atoms with Gasteiger partial charge in [-0.25, -0.2) is 28.1 Å². The molecule has 0 amide bonds. The molecule has 14 heteroatoms. The first-order valence-electron chi connectivity index (χ1n) is 14.4. The van der Waals surface area contributed by atoms with E-state index in [1.807, 2.05) is 0 Å². The molecule has 236 valence electrons. The number of nitrogens with zero attached hydrogens (tertiary/aromatic N) is 4. The molecule has 0 saturated heterocycles. The summed E-state index contributed by atoms with van der Waals surface area (Å²) >= 11 is 0. The van der Waals surface area contributed by atoms with Gasteiger partial charge in [0.25, 0.3) is 0 Å². The number of unbranched alkanes of at least 4 members (excludes halogenated alkanes) is 9. The Morgan fingerprint density at radius 2 is 1.53 bits per heavy atom. The summed E-state index contributed by atoms with van der Waals surface area (Å²) in [4.78, 5) is 22.1. The molecular weight excluding hydrogens is 586 g/mol. The fourth-order valence-electron chi connectivity index (χ4n) is 4.25. The minimum Gasteiger partial charge on any atom is -0.382 e. The third kappa shape index (κ3) is 12.6. The average molecular weight is 626 g/mol. The Labute approximate surface area is 249 Å². The van der Waals surface area contributed by atoms with Crippen molar-refractivity contribution in [1.29, 1.82) is 0 Å². The van der Waals surface area contributed by atoms with Gasteiger partial charge in [-0.3, -0.25) is 4.57 Å². The van der Waals surface area contributed by atoms with Gasteiger partial charge in [-0.05, 0) is 12.8 Å².